The van der Waals surface area contributed by atoms with E-state index in [0.717, 1.165) is 12.8 Å². The van der Waals surface area contributed by atoms with Gasteiger partial charge in [0.1, 0.15) is 0 Å². The molecule has 0 amide bonds. The van der Waals surface area contributed by atoms with Crippen molar-refractivity contribution in [2.24, 2.45) is 5.92 Å². The third kappa shape index (κ3) is 2.65. The number of rotatable bonds is 4. The maximum Gasteiger partial charge on any atom is 0.335 e. The van der Waals surface area contributed by atoms with Crippen molar-refractivity contribution in [2.75, 3.05) is 5.75 Å². The molecule has 1 saturated carbocycles. The molecule has 1 unspecified atom stereocenters. The lowest BCUT2D eigenvalue weighted by atomic mass is 10.2. The quantitative estimate of drug-likeness (QED) is 0.849. The van der Waals surface area contributed by atoms with Crippen LogP contribution in [0.4, 0.5) is 0 Å². The second-order valence-corrected chi connectivity index (χ2v) is 5.28. The van der Waals surface area contributed by atoms with Crippen LogP contribution in [0.1, 0.15) is 23.2 Å². The number of carboxylic acid groups (broad SMARTS) is 1. The zero-order valence-corrected chi connectivity index (χ0v) is 9.00. The lowest BCUT2D eigenvalue weighted by molar-refractivity contribution is 0.0696. The Balaban J connectivity index is 2.15. The van der Waals surface area contributed by atoms with E-state index < -0.39 is 16.8 Å². The highest BCUT2D eigenvalue weighted by Gasteiger charge is 2.24. The molecule has 2 rings (SSSR count). The maximum absolute atomic E-state index is 11.8. The van der Waals surface area contributed by atoms with Gasteiger partial charge in [-0.1, -0.05) is 6.07 Å². The maximum atomic E-state index is 11.8. The van der Waals surface area contributed by atoms with E-state index in [-0.39, 0.29) is 5.56 Å². The Morgan fingerprint density at radius 2 is 2.20 bits per heavy atom. The van der Waals surface area contributed by atoms with Gasteiger partial charge in [-0.3, -0.25) is 4.21 Å². The van der Waals surface area contributed by atoms with Crippen LogP contribution in [0.2, 0.25) is 0 Å². The molecule has 3 nitrogen and oxygen atoms in total. The Labute approximate surface area is 90.6 Å². The zero-order chi connectivity index (χ0) is 10.8. The molecular formula is C11H12O3S. The van der Waals surface area contributed by atoms with Gasteiger partial charge in [-0.2, -0.15) is 0 Å². The second-order valence-electron chi connectivity index (χ2n) is 3.79. The van der Waals surface area contributed by atoms with Crippen molar-refractivity contribution in [3.63, 3.8) is 0 Å². The van der Waals surface area contributed by atoms with Crippen LogP contribution in [0.25, 0.3) is 0 Å². The van der Waals surface area contributed by atoms with Crippen molar-refractivity contribution in [3.8, 4) is 0 Å². The van der Waals surface area contributed by atoms with Gasteiger partial charge in [0.2, 0.25) is 0 Å². The molecule has 1 fully saturated rings. The van der Waals surface area contributed by atoms with Crippen LogP contribution in [0.5, 0.6) is 0 Å². The summed E-state index contributed by atoms with van der Waals surface area (Å²) in [5.41, 5.74) is 0.205. The summed E-state index contributed by atoms with van der Waals surface area (Å²) in [6, 6.07) is 6.38. The average Bonchev–Trinajstić information content (AvgIpc) is 3.02. The molecular weight excluding hydrogens is 212 g/mol. The highest BCUT2D eigenvalue weighted by atomic mass is 32.2. The number of carbonyl (C=O) groups is 1. The normalized spacial score (nSPS) is 17.3. The summed E-state index contributed by atoms with van der Waals surface area (Å²) in [6.07, 6.45) is 2.31. The van der Waals surface area contributed by atoms with Gasteiger partial charge in [-0.25, -0.2) is 4.79 Å². The summed E-state index contributed by atoms with van der Waals surface area (Å²) < 4.78 is 11.8. The Bertz CT molecular complexity index is 410. The molecule has 0 radical (unpaired) electrons. The van der Waals surface area contributed by atoms with Crippen molar-refractivity contribution in [1.29, 1.82) is 0 Å². The molecule has 15 heavy (non-hydrogen) atoms. The van der Waals surface area contributed by atoms with Gasteiger partial charge >= 0.3 is 5.97 Å². The van der Waals surface area contributed by atoms with Gasteiger partial charge < -0.3 is 5.11 Å². The molecule has 0 bridgehead atoms. The first-order valence-corrected chi connectivity index (χ1v) is 6.20. The fourth-order valence-electron chi connectivity index (χ4n) is 1.37. The largest absolute Gasteiger partial charge is 0.478 e. The van der Waals surface area contributed by atoms with E-state index in [9.17, 15) is 9.00 Å². The van der Waals surface area contributed by atoms with E-state index in [1.165, 1.54) is 12.1 Å². The van der Waals surface area contributed by atoms with Crippen molar-refractivity contribution < 1.29 is 14.1 Å². The minimum atomic E-state index is -1.04. The molecule has 0 aromatic heterocycles. The van der Waals surface area contributed by atoms with Crippen LogP contribution in [0.15, 0.2) is 29.2 Å². The van der Waals surface area contributed by atoms with Crippen LogP contribution in [0.3, 0.4) is 0 Å². The molecule has 1 aromatic rings. The molecule has 1 aromatic carbocycles. The van der Waals surface area contributed by atoms with Crippen LogP contribution in [0, 0.1) is 5.92 Å². The Hall–Kier alpha value is -1.16. The molecule has 0 spiro atoms. The molecule has 80 valence electrons. The Kier molecular flexibility index (Phi) is 2.86. The lowest BCUT2D eigenvalue weighted by Crippen LogP contribution is -2.02. The highest BCUT2D eigenvalue weighted by molar-refractivity contribution is 7.85. The summed E-state index contributed by atoms with van der Waals surface area (Å²) in [4.78, 5) is 11.3. The Morgan fingerprint density at radius 3 is 2.80 bits per heavy atom. The second kappa shape index (κ2) is 4.14. The molecule has 1 atom stereocenters. The summed E-state index contributed by atoms with van der Waals surface area (Å²) in [5.74, 6) is 0.280. The van der Waals surface area contributed by atoms with Crippen LogP contribution >= 0.6 is 0 Å². The predicted molar refractivity (Wildman–Crippen MR) is 57.4 cm³/mol. The van der Waals surface area contributed by atoms with Crippen molar-refractivity contribution >= 4 is 16.8 Å². The van der Waals surface area contributed by atoms with Crippen molar-refractivity contribution in [2.45, 2.75) is 17.7 Å². The standard InChI is InChI=1S/C11H12O3S/c12-11(13)9-2-1-3-10(6-9)15(14)7-8-4-5-8/h1-3,6,8H,4-5,7H2,(H,12,13). The first-order valence-electron chi connectivity index (χ1n) is 4.88. The third-order valence-electron chi connectivity index (χ3n) is 2.43. The average molecular weight is 224 g/mol. The van der Waals surface area contributed by atoms with E-state index in [2.05, 4.69) is 0 Å². The molecule has 0 aliphatic heterocycles. The Morgan fingerprint density at radius 1 is 1.47 bits per heavy atom. The predicted octanol–water partition coefficient (Wildman–Crippen LogP) is 1.90. The van der Waals surface area contributed by atoms with Gasteiger partial charge in [0.25, 0.3) is 0 Å². The fourth-order valence-corrected chi connectivity index (χ4v) is 2.81. The van der Waals surface area contributed by atoms with Gasteiger partial charge in [0.15, 0.2) is 0 Å². The SMILES string of the molecule is O=C(O)c1cccc(S(=O)CC2CC2)c1. The summed E-state index contributed by atoms with van der Waals surface area (Å²) >= 11 is 0. The minimum absolute atomic E-state index is 0.205. The smallest absolute Gasteiger partial charge is 0.335 e. The lowest BCUT2D eigenvalue weighted by Gasteiger charge is -2.01. The molecule has 0 heterocycles. The summed E-state index contributed by atoms with van der Waals surface area (Å²) in [6.45, 7) is 0. The molecule has 4 heteroatoms. The number of benzene rings is 1. The van der Waals surface area contributed by atoms with Crippen molar-refractivity contribution in [1.82, 2.24) is 0 Å². The first-order chi connectivity index (χ1) is 7.16. The first kappa shape index (κ1) is 10.4. The van der Waals surface area contributed by atoms with Gasteiger partial charge in [-0.05, 0) is 37.0 Å². The van der Waals surface area contributed by atoms with E-state index >= 15 is 0 Å². The van der Waals surface area contributed by atoms with Crippen LogP contribution in [-0.4, -0.2) is 21.0 Å². The van der Waals surface area contributed by atoms with Crippen LogP contribution < -0.4 is 0 Å². The molecule has 1 aliphatic carbocycles. The van der Waals surface area contributed by atoms with Gasteiger partial charge in [0, 0.05) is 10.6 Å². The molecule has 1 N–H and O–H groups in total. The summed E-state index contributed by atoms with van der Waals surface area (Å²) in [5, 5.41) is 8.79. The number of carboxylic acids is 1. The minimum Gasteiger partial charge on any atom is -0.478 e. The van der Waals surface area contributed by atoms with Crippen molar-refractivity contribution in [3.05, 3.63) is 29.8 Å². The summed E-state index contributed by atoms with van der Waals surface area (Å²) in [7, 11) is -1.04. The molecule has 0 saturated heterocycles. The monoisotopic (exact) mass is 224 g/mol. The zero-order valence-electron chi connectivity index (χ0n) is 8.18. The number of hydrogen-bond acceptors (Lipinski definition) is 2. The molecule has 1 aliphatic rings. The topological polar surface area (TPSA) is 54.4 Å². The van der Waals surface area contributed by atoms with Gasteiger partial charge in [0.05, 0.1) is 16.4 Å². The highest BCUT2D eigenvalue weighted by Crippen LogP contribution is 2.30. The van der Waals surface area contributed by atoms with E-state index in [1.54, 1.807) is 12.1 Å². The van der Waals surface area contributed by atoms with E-state index in [0.29, 0.717) is 16.6 Å². The fraction of sp³-hybridized carbons (Fsp3) is 0.364. The van der Waals surface area contributed by atoms with Crippen LogP contribution in [-0.2, 0) is 10.8 Å². The number of hydrogen-bond donors (Lipinski definition) is 1. The third-order valence-corrected chi connectivity index (χ3v) is 3.98. The van der Waals surface area contributed by atoms with E-state index in [1.807, 2.05) is 0 Å². The van der Waals surface area contributed by atoms with E-state index in [4.69, 9.17) is 5.11 Å². The van der Waals surface area contributed by atoms with Gasteiger partial charge in [-0.15, -0.1) is 0 Å². The number of aromatic carboxylic acids is 1.